The monoisotopic (exact) mass is 395 g/mol. The number of rotatable bonds is 10. The summed E-state index contributed by atoms with van der Waals surface area (Å²) in [4.78, 5) is 24.2. The number of aryl methyl sites for hydroxylation is 1. The number of hydrogen-bond donors (Lipinski definition) is 2. The summed E-state index contributed by atoms with van der Waals surface area (Å²) in [6.45, 7) is 5.74. The molecule has 9 heteroatoms. The molecule has 0 unspecified atom stereocenters. The molecule has 2 N–H and O–H groups in total. The summed E-state index contributed by atoms with van der Waals surface area (Å²) in [5, 5.41) is 16.7. The molecule has 7 nitrogen and oxygen atoms in total. The maximum absolute atomic E-state index is 11.8. The highest BCUT2D eigenvalue weighted by molar-refractivity contribution is 7.98. The summed E-state index contributed by atoms with van der Waals surface area (Å²) >= 11 is 2.94. The van der Waals surface area contributed by atoms with Gasteiger partial charge in [-0.05, 0) is 30.0 Å². The van der Waals surface area contributed by atoms with Crippen molar-refractivity contribution in [2.24, 2.45) is 5.92 Å². The van der Waals surface area contributed by atoms with Gasteiger partial charge in [0.15, 0.2) is 5.16 Å². The summed E-state index contributed by atoms with van der Waals surface area (Å²) in [6.07, 6.45) is 3.52. The van der Waals surface area contributed by atoms with Crippen LogP contribution in [0.4, 0.5) is 0 Å². The van der Waals surface area contributed by atoms with Gasteiger partial charge in [-0.2, -0.15) is 0 Å². The molecule has 142 valence electrons. The number of carbonyl (C=O) groups is 2. The molecule has 0 bridgehead atoms. The lowest BCUT2D eigenvalue weighted by Crippen LogP contribution is -2.37. The van der Waals surface area contributed by atoms with Crippen molar-refractivity contribution in [2.45, 2.75) is 38.4 Å². The number of nitrogens with one attached hydrogen (secondary N) is 2. The number of hydrogen-bond acceptors (Lipinski definition) is 6. The molecule has 0 aromatic carbocycles. The number of amides is 2. The van der Waals surface area contributed by atoms with Crippen molar-refractivity contribution in [3.05, 3.63) is 28.2 Å². The minimum atomic E-state index is -0.221. The van der Waals surface area contributed by atoms with E-state index in [4.69, 9.17) is 0 Å². The van der Waals surface area contributed by atoms with Gasteiger partial charge in [0.25, 0.3) is 5.91 Å². The fourth-order valence-electron chi connectivity index (χ4n) is 2.40. The molecular formula is C17H25N5O2S2. The average Bonchev–Trinajstić information content (AvgIpc) is 3.26. The second-order valence-corrected chi connectivity index (χ2v) is 7.94. The molecule has 0 aliphatic rings. The Morgan fingerprint density at radius 2 is 2.12 bits per heavy atom. The number of nitrogens with zero attached hydrogens (tertiary/aromatic N) is 3. The third-order valence-corrected chi connectivity index (χ3v) is 5.11. The first-order valence-electron chi connectivity index (χ1n) is 8.55. The Morgan fingerprint density at radius 1 is 1.31 bits per heavy atom. The molecule has 0 saturated carbocycles. The molecule has 2 rings (SSSR count). The third kappa shape index (κ3) is 6.14. The van der Waals surface area contributed by atoms with Crippen LogP contribution in [-0.4, -0.2) is 45.9 Å². The van der Waals surface area contributed by atoms with Gasteiger partial charge in [-0.3, -0.25) is 9.59 Å². The molecule has 2 amide bonds. The van der Waals surface area contributed by atoms with Gasteiger partial charge in [0.2, 0.25) is 5.91 Å². The summed E-state index contributed by atoms with van der Waals surface area (Å²) in [5.74, 6) is 1.05. The first kappa shape index (κ1) is 20.4. The van der Waals surface area contributed by atoms with Gasteiger partial charge in [0, 0.05) is 19.5 Å². The van der Waals surface area contributed by atoms with Crippen LogP contribution in [0.15, 0.2) is 22.7 Å². The van der Waals surface area contributed by atoms with Crippen LogP contribution in [-0.2, 0) is 17.8 Å². The molecule has 2 heterocycles. The van der Waals surface area contributed by atoms with Crippen LogP contribution in [0.5, 0.6) is 0 Å². The van der Waals surface area contributed by atoms with Gasteiger partial charge in [-0.25, -0.2) is 0 Å². The van der Waals surface area contributed by atoms with Gasteiger partial charge >= 0.3 is 0 Å². The van der Waals surface area contributed by atoms with E-state index in [1.165, 1.54) is 11.3 Å². The highest BCUT2D eigenvalue weighted by Gasteiger charge is 2.13. The summed E-state index contributed by atoms with van der Waals surface area (Å²) < 4.78 is 2.15. The summed E-state index contributed by atoms with van der Waals surface area (Å²) in [7, 11) is 0. The van der Waals surface area contributed by atoms with Crippen LogP contribution in [0.3, 0.4) is 0 Å². The van der Waals surface area contributed by atoms with Crippen LogP contribution in [0.25, 0.3) is 0 Å². The lowest BCUT2D eigenvalue weighted by molar-refractivity contribution is -0.120. The highest BCUT2D eigenvalue weighted by atomic mass is 32.2. The molecule has 0 aliphatic carbocycles. The second-order valence-electron chi connectivity index (χ2n) is 6.22. The van der Waals surface area contributed by atoms with Crippen molar-refractivity contribution in [3.63, 3.8) is 0 Å². The van der Waals surface area contributed by atoms with Crippen molar-refractivity contribution in [1.29, 1.82) is 0 Å². The predicted octanol–water partition coefficient (Wildman–Crippen LogP) is 2.20. The van der Waals surface area contributed by atoms with E-state index in [0.29, 0.717) is 17.3 Å². The molecule has 26 heavy (non-hydrogen) atoms. The Morgan fingerprint density at radius 3 is 2.77 bits per heavy atom. The fraction of sp³-hybridized carbons (Fsp3) is 0.529. The Bertz CT molecular complexity index is 713. The topological polar surface area (TPSA) is 88.9 Å². The Hall–Kier alpha value is -1.87. The van der Waals surface area contributed by atoms with Crippen molar-refractivity contribution >= 4 is 34.9 Å². The maximum atomic E-state index is 11.8. The standard InChI is InChI=1S/C17H25N5O2S2/c1-12(2)11-22-14(20-21-17(22)25-3)7-4-8-18-15(23)10-19-16(24)13-6-5-9-26-13/h5-6,9,12H,4,7-8,10-11H2,1-3H3,(H,18,23)(H,19,24). The van der Waals surface area contributed by atoms with Crippen molar-refractivity contribution in [2.75, 3.05) is 19.3 Å². The fourth-order valence-corrected chi connectivity index (χ4v) is 3.56. The van der Waals surface area contributed by atoms with E-state index >= 15 is 0 Å². The van der Waals surface area contributed by atoms with E-state index in [2.05, 4.69) is 39.2 Å². The normalized spacial score (nSPS) is 10.9. The molecule has 0 atom stereocenters. The van der Waals surface area contributed by atoms with Crippen LogP contribution in [0.1, 0.15) is 35.8 Å². The zero-order valence-corrected chi connectivity index (χ0v) is 17.0. The van der Waals surface area contributed by atoms with Gasteiger partial charge in [0.05, 0.1) is 11.4 Å². The molecule has 2 aromatic rings. The highest BCUT2D eigenvalue weighted by Crippen LogP contribution is 2.16. The lowest BCUT2D eigenvalue weighted by atomic mass is 10.2. The van der Waals surface area contributed by atoms with Gasteiger partial charge < -0.3 is 15.2 Å². The van der Waals surface area contributed by atoms with Crippen molar-refractivity contribution < 1.29 is 9.59 Å². The SMILES string of the molecule is CSc1nnc(CCCNC(=O)CNC(=O)c2cccs2)n1CC(C)C. The van der Waals surface area contributed by atoms with Crippen LogP contribution in [0.2, 0.25) is 0 Å². The van der Waals surface area contributed by atoms with E-state index in [9.17, 15) is 9.59 Å². The van der Waals surface area contributed by atoms with E-state index in [0.717, 1.165) is 30.4 Å². The number of carbonyl (C=O) groups excluding carboxylic acids is 2. The number of aromatic nitrogens is 3. The van der Waals surface area contributed by atoms with E-state index in [1.807, 2.05) is 11.6 Å². The number of thioether (sulfide) groups is 1. The van der Waals surface area contributed by atoms with Crippen LogP contribution >= 0.6 is 23.1 Å². The van der Waals surface area contributed by atoms with Crippen molar-refractivity contribution in [1.82, 2.24) is 25.4 Å². The Balaban J connectivity index is 1.70. The molecule has 0 spiro atoms. The zero-order chi connectivity index (χ0) is 18.9. The van der Waals surface area contributed by atoms with Crippen LogP contribution < -0.4 is 10.6 Å². The summed E-state index contributed by atoms with van der Waals surface area (Å²) in [6, 6.07) is 3.54. The Labute approximate surface area is 162 Å². The molecule has 0 saturated heterocycles. The van der Waals surface area contributed by atoms with E-state index in [1.54, 1.807) is 23.9 Å². The first-order chi connectivity index (χ1) is 12.5. The van der Waals surface area contributed by atoms with Gasteiger partial charge in [-0.15, -0.1) is 21.5 Å². The van der Waals surface area contributed by atoms with Crippen LogP contribution in [0, 0.1) is 5.92 Å². The predicted molar refractivity (Wildman–Crippen MR) is 105 cm³/mol. The average molecular weight is 396 g/mol. The second kappa shape index (κ2) is 10.3. The molecule has 0 radical (unpaired) electrons. The zero-order valence-electron chi connectivity index (χ0n) is 15.3. The van der Waals surface area contributed by atoms with E-state index in [-0.39, 0.29) is 18.4 Å². The quantitative estimate of drug-likeness (QED) is 0.476. The van der Waals surface area contributed by atoms with Gasteiger partial charge in [-0.1, -0.05) is 31.7 Å². The molecule has 2 aromatic heterocycles. The Kier molecular flexibility index (Phi) is 8.11. The summed E-state index contributed by atoms with van der Waals surface area (Å²) in [5.41, 5.74) is 0. The lowest BCUT2D eigenvalue weighted by Gasteiger charge is -2.11. The minimum Gasteiger partial charge on any atom is -0.355 e. The first-order valence-corrected chi connectivity index (χ1v) is 10.7. The largest absolute Gasteiger partial charge is 0.355 e. The molecule has 0 fully saturated rings. The smallest absolute Gasteiger partial charge is 0.261 e. The van der Waals surface area contributed by atoms with Crippen molar-refractivity contribution in [3.8, 4) is 0 Å². The number of thiophene rings is 1. The maximum Gasteiger partial charge on any atom is 0.261 e. The van der Waals surface area contributed by atoms with E-state index < -0.39 is 0 Å². The molecule has 0 aliphatic heterocycles. The minimum absolute atomic E-state index is 0.0170. The molecular weight excluding hydrogens is 370 g/mol. The third-order valence-electron chi connectivity index (χ3n) is 3.58. The van der Waals surface area contributed by atoms with Gasteiger partial charge in [0.1, 0.15) is 5.82 Å².